The van der Waals surface area contributed by atoms with Crippen LogP contribution >= 0.6 is 0 Å². The highest BCUT2D eigenvalue weighted by Crippen LogP contribution is 2.11. The van der Waals surface area contributed by atoms with Gasteiger partial charge in [0.25, 0.3) is 0 Å². The van der Waals surface area contributed by atoms with E-state index in [1.54, 1.807) is 7.11 Å². The van der Waals surface area contributed by atoms with Crippen LogP contribution in [0.5, 0.6) is 5.75 Å². The van der Waals surface area contributed by atoms with Crippen molar-refractivity contribution in [3.63, 3.8) is 0 Å². The van der Waals surface area contributed by atoms with Crippen LogP contribution < -0.4 is 4.74 Å². The van der Waals surface area contributed by atoms with Gasteiger partial charge in [-0.25, -0.2) is 0 Å². The number of ether oxygens (including phenoxy) is 1. The molecule has 0 heterocycles. The molecule has 0 aliphatic rings. The molecule has 68 valence electrons. The SMILES string of the molecule is COc1ccc(CCN=[N+]=[N-])cc1. The van der Waals surface area contributed by atoms with Gasteiger partial charge in [0.05, 0.1) is 7.11 Å². The first kappa shape index (κ1) is 9.42. The Hall–Kier alpha value is -1.67. The first-order chi connectivity index (χ1) is 6.36. The summed E-state index contributed by atoms with van der Waals surface area (Å²) in [6, 6.07) is 7.72. The van der Waals surface area contributed by atoms with Crippen LogP contribution in [0, 0.1) is 0 Å². The van der Waals surface area contributed by atoms with Crippen LogP contribution in [0.2, 0.25) is 0 Å². The summed E-state index contributed by atoms with van der Waals surface area (Å²) in [6.45, 7) is 0.503. The molecule has 0 unspecified atom stereocenters. The summed E-state index contributed by atoms with van der Waals surface area (Å²) in [5, 5.41) is 3.46. The summed E-state index contributed by atoms with van der Waals surface area (Å²) in [5.74, 6) is 0.840. The van der Waals surface area contributed by atoms with Gasteiger partial charge in [-0.2, -0.15) is 0 Å². The van der Waals surface area contributed by atoms with Gasteiger partial charge in [0.1, 0.15) is 5.75 Å². The van der Waals surface area contributed by atoms with E-state index in [1.807, 2.05) is 24.3 Å². The Balaban J connectivity index is 2.53. The molecule has 1 aromatic carbocycles. The Bertz CT molecular complexity index is 301. The van der Waals surface area contributed by atoms with Gasteiger partial charge in [-0.3, -0.25) is 0 Å². The Morgan fingerprint density at radius 2 is 2.08 bits per heavy atom. The van der Waals surface area contributed by atoms with Crippen molar-refractivity contribution in [3.05, 3.63) is 40.3 Å². The number of nitrogens with zero attached hydrogens (tertiary/aromatic N) is 3. The minimum absolute atomic E-state index is 0.503. The van der Waals surface area contributed by atoms with Crippen LogP contribution in [0.15, 0.2) is 29.4 Å². The number of azide groups is 1. The Labute approximate surface area is 76.8 Å². The molecule has 0 saturated heterocycles. The molecule has 0 spiro atoms. The third-order valence-electron chi connectivity index (χ3n) is 1.72. The first-order valence-electron chi connectivity index (χ1n) is 4.00. The largest absolute Gasteiger partial charge is 0.497 e. The van der Waals surface area contributed by atoms with Crippen LogP contribution in [0.25, 0.3) is 10.4 Å². The van der Waals surface area contributed by atoms with E-state index in [1.165, 1.54) is 0 Å². The van der Waals surface area contributed by atoms with Crippen LogP contribution in [0.3, 0.4) is 0 Å². The maximum atomic E-state index is 8.06. The molecule has 0 atom stereocenters. The minimum atomic E-state index is 0.503. The number of rotatable bonds is 4. The maximum Gasteiger partial charge on any atom is 0.118 e. The van der Waals surface area contributed by atoms with E-state index in [-0.39, 0.29) is 0 Å². The van der Waals surface area contributed by atoms with Crippen molar-refractivity contribution in [1.82, 2.24) is 0 Å². The van der Waals surface area contributed by atoms with E-state index in [9.17, 15) is 0 Å². The van der Waals surface area contributed by atoms with E-state index in [4.69, 9.17) is 10.3 Å². The minimum Gasteiger partial charge on any atom is -0.497 e. The van der Waals surface area contributed by atoms with Gasteiger partial charge in [0.2, 0.25) is 0 Å². The fraction of sp³-hybridized carbons (Fsp3) is 0.333. The third-order valence-corrected chi connectivity index (χ3v) is 1.72. The highest BCUT2D eigenvalue weighted by molar-refractivity contribution is 5.27. The molecular weight excluding hydrogens is 166 g/mol. The van der Waals surface area contributed by atoms with Gasteiger partial charge >= 0.3 is 0 Å². The lowest BCUT2D eigenvalue weighted by atomic mass is 10.1. The first-order valence-corrected chi connectivity index (χ1v) is 4.00. The lowest BCUT2D eigenvalue weighted by Gasteiger charge is -2.00. The molecule has 0 saturated carbocycles. The lowest BCUT2D eigenvalue weighted by molar-refractivity contribution is 0.414. The predicted molar refractivity (Wildman–Crippen MR) is 50.7 cm³/mol. The molecule has 0 aliphatic heterocycles. The van der Waals surface area contributed by atoms with Crippen molar-refractivity contribution in [2.45, 2.75) is 6.42 Å². The number of methoxy groups -OCH3 is 1. The van der Waals surface area contributed by atoms with Gasteiger partial charge in [0, 0.05) is 11.5 Å². The summed E-state index contributed by atoms with van der Waals surface area (Å²) >= 11 is 0. The highest BCUT2D eigenvalue weighted by atomic mass is 16.5. The lowest BCUT2D eigenvalue weighted by Crippen LogP contribution is -1.88. The molecule has 1 aromatic rings. The van der Waals surface area contributed by atoms with Crippen LogP contribution in [-0.2, 0) is 6.42 Å². The molecule has 0 radical (unpaired) electrons. The quantitative estimate of drug-likeness (QED) is 0.396. The molecular formula is C9H11N3O. The van der Waals surface area contributed by atoms with Gasteiger partial charge < -0.3 is 4.74 Å². The summed E-state index contributed by atoms with van der Waals surface area (Å²) < 4.78 is 5.01. The number of benzene rings is 1. The Morgan fingerprint density at radius 1 is 1.38 bits per heavy atom. The summed E-state index contributed by atoms with van der Waals surface area (Å²) in [6.07, 6.45) is 0.772. The molecule has 0 fully saturated rings. The zero-order chi connectivity index (χ0) is 9.52. The zero-order valence-corrected chi connectivity index (χ0v) is 7.47. The van der Waals surface area contributed by atoms with Crippen molar-refractivity contribution in [3.8, 4) is 5.75 Å². The van der Waals surface area contributed by atoms with E-state index in [0.29, 0.717) is 6.54 Å². The average Bonchev–Trinajstić information content (AvgIpc) is 2.19. The number of hydrogen-bond donors (Lipinski definition) is 0. The van der Waals surface area contributed by atoms with Crippen molar-refractivity contribution >= 4 is 0 Å². The standard InChI is InChI=1S/C9H11N3O/c1-13-9-4-2-8(3-5-9)6-7-11-12-10/h2-5H,6-7H2,1H3. The van der Waals surface area contributed by atoms with Gasteiger partial charge in [0.15, 0.2) is 0 Å². The van der Waals surface area contributed by atoms with Crippen LogP contribution in [0.4, 0.5) is 0 Å². The predicted octanol–water partition coefficient (Wildman–Crippen LogP) is 2.55. The molecule has 0 aliphatic carbocycles. The second kappa shape index (κ2) is 5.06. The fourth-order valence-corrected chi connectivity index (χ4v) is 1.02. The van der Waals surface area contributed by atoms with Crippen molar-refractivity contribution in [2.75, 3.05) is 13.7 Å². The second-order valence-electron chi connectivity index (χ2n) is 2.55. The smallest absolute Gasteiger partial charge is 0.118 e. The topological polar surface area (TPSA) is 58.0 Å². The van der Waals surface area contributed by atoms with E-state index in [2.05, 4.69) is 10.0 Å². The fourth-order valence-electron chi connectivity index (χ4n) is 1.02. The van der Waals surface area contributed by atoms with Gasteiger partial charge in [-0.15, -0.1) is 0 Å². The summed E-state index contributed by atoms with van der Waals surface area (Å²) in [5.41, 5.74) is 9.21. The third kappa shape index (κ3) is 3.05. The molecule has 4 heteroatoms. The molecule has 4 nitrogen and oxygen atoms in total. The van der Waals surface area contributed by atoms with Crippen molar-refractivity contribution in [1.29, 1.82) is 0 Å². The molecule has 13 heavy (non-hydrogen) atoms. The van der Waals surface area contributed by atoms with E-state index in [0.717, 1.165) is 17.7 Å². The van der Waals surface area contributed by atoms with E-state index >= 15 is 0 Å². The van der Waals surface area contributed by atoms with Gasteiger partial charge in [-0.1, -0.05) is 17.2 Å². The molecule has 0 amide bonds. The Morgan fingerprint density at radius 3 is 2.62 bits per heavy atom. The van der Waals surface area contributed by atoms with Crippen LogP contribution in [-0.4, -0.2) is 13.7 Å². The molecule has 1 rings (SSSR count). The van der Waals surface area contributed by atoms with Crippen molar-refractivity contribution in [2.24, 2.45) is 5.11 Å². The monoisotopic (exact) mass is 177 g/mol. The number of hydrogen-bond acceptors (Lipinski definition) is 2. The molecule has 0 bridgehead atoms. The summed E-state index contributed by atoms with van der Waals surface area (Å²) in [4.78, 5) is 2.68. The normalized spacial score (nSPS) is 9.00. The van der Waals surface area contributed by atoms with Crippen LogP contribution in [0.1, 0.15) is 5.56 Å². The second-order valence-corrected chi connectivity index (χ2v) is 2.55. The summed E-state index contributed by atoms with van der Waals surface area (Å²) in [7, 11) is 1.63. The Kier molecular flexibility index (Phi) is 3.67. The average molecular weight is 177 g/mol. The maximum absolute atomic E-state index is 8.06. The zero-order valence-electron chi connectivity index (χ0n) is 7.47. The molecule has 0 aromatic heterocycles. The molecule has 0 N–H and O–H groups in total. The van der Waals surface area contributed by atoms with Gasteiger partial charge in [-0.05, 0) is 29.6 Å². The highest BCUT2D eigenvalue weighted by Gasteiger charge is 1.92. The van der Waals surface area contributed by atoms with Crippen molar-refractivity contribution < 1.29 is 4.74 Å². The van der Waals surface area contributed by atoms with E-state index < -0.39 is 0 Å².